The van der Waals surface area contributed by atoms with Crippen molar-refractivity contribution < 1.29 is 50.9 Å². The number of carboxylic acids is 2. The van der Waals surface area contributed by atoms with Crippen LogP contribution in [0.2, 0.25) is 0 Å². The average molecular weight is 676 g/mol. The summed E-state index contributed by atoms with van der Waals surface area (Å²) in [5.74, 6) is -2.95. The van der Waals surface area contributed by atoms with Gasteiger partial charge in [-0.25, -0.2) is 14.6 Å². The lowest BCUT2D eigenvalue weighted by Crippen LogP contribution is -2.37. The summed E-state index contributed by atoms with van der Waals surface area (Å²) in [6.07, 6.45) is -3.72. The van der Waals surface area contributed by atoms with Crippen molar-refractivity contribution in [2.24, 2.45) is 0 Å². The van der Waals surface area contributed by atoms with Gasteiger partial charge < -0.3 is 30.5 Å². The number of alkyl halides is 6. The zero-order valence-corrected chi connectivity index (χ0v) is 24.7. The Hall–Kier alpha value is -3.34. The number of nitrogens with one attached hydrogen (secondary N) is 2. The summed E-state index contributed by atoms with van der Waals surface area (Å²) in [6, 6.07) is 7.23. The number of rotatable bonds is 7. The van der Waals surface area contributed by atoms with Crippen molar-refractivity contribution in [2.45, 2.75) is 63.6 Å². The second-order valence-electron chi connectivity index (χ2n) is 9.24. The van der Waals surface area contributed by atoms with E-state index in [9.17, 15) is 26.3 Å². The molecule has 1 heterocycles. The molecule has 0 aliphatic heterocycles. The minimum absolute atomic E-state index is 0.436. The Morgan fingerprint density at radius 1 is 1.02 bits per heavy atom. The normalized spacial score (nSPS) is 16.6. The molecule has 10 nitrogen and oxygen atoms in total. The van der Waals surface area contributed by atoms with E-state index in [1.165, 1.54) is 5.56 Å². The van der Waals surface area contributed by atoms with Gasteiger partial charge >= 0.3 is 24.3 Å². The average Bonchev–Trinajstić information content (AvgIpc) is 2.89. The Kier molecular flexibility index (Phi) is 14.3. The molecule has 3 rings (SSSR count). The SMILES string of the molecule is COc1ccc(CNC2CCC(Nc3ncc(C)c(N(C)C)n3)CC2)cc1Br.O=C(O)C(F)(F)F.O=C(O)C(F)(F)F. The number of ether oxygens (including phenoxy) is 1. The number of aliphatic carboxylic acids is 2. The Labute approximate surface area is 246 Å². The Bertz CT molecular complexity index is 1150. The largest absolute Gasteiger partial charge is 0.496 e. The van der Waals surface area contributed by atoms with Crippen LogP contribution in [0.25, 0.3) is 0 Å². The van der Waals surface area contributed by atoms with Crippen LogP contribution in [0.15, 0.2) is 28.9 Å². The number of carboxylic acid groups (broad SMARTS) is 2. The maximum atomic E-state index is 10.6. The van der Waals surface area contributed by atoms with Gasteiger partial charge in [-0.2, -0.15) is 31.3 Å². The van der Waals surface area contributed by atoms with Gasteiger partial charge in [-0.3, -0.25) is 0 Å². The Balaban J connectivity index is 0.000000522. The monoisotopic (exact) mass is 675 g/mol. The molecule has 17 heteroatoms. The van der Waals surface area contributed by atoms with Gasteiger partial charge in [-0.1, -0.05) is 6.07 Å². The van der Waals surface area contributed by atoms with Crippen LogP contribution in [0.4, 0.5) is 38.1 Å². The van der Waals surface area contributed by atoms with E-state index in [-0.39, 0.29) is 0 Å². The predicted molar refractivity (Wildman–Crippen MR) is 146 cm³/mol. The van der Waals surface area contributed by atoms with Gasteiger partial charge in [0.25, 0.3) is 0 Å². The van der Waals surface area contributed by atoms with E-state index in [0.29, 0.717) is 12.1 Å². The first kappa shape index (κ1) is 36.7. The molecule has 0 unspecified atom stereocenters. The summed E-state index contributed by atoms with van der Waals surface area (Å²) in [5.41, 5.74) is 2.35. The molecule has 2 aromatic rings. The van der Waals surface area contributed by atoms with Gasteiger partial charge in [0.2, 0.25) is 5.95 Å². The minimum atomic E-state index is -5.08. The number of carbonyl (C=O) groups is 2. The third-order valence-electron chi connectivity index (χ3n) is 5.73. The van der Waals surface area contributed by atoms with Gasteiger partial charge in [0, 0.05) is 44.5 Å². The molecular formula is C25H32BrF6N5O5. The molecule has 1 aliphatic rings. The number of aromatic nitrogens is 2. The summed E-state index contributed by atoms with van der Waals surface area (Å²) in [6.45, 7) is 2.91. The molecule has 0 radical (unpaired) electrons. The number of hydrogen-bond acceptors (Lipinski definition) is 8. The molecule has 0 amide bonds. The molecule has 236 valence electrons. The van der Waals surface area contributed by atoms with Crippen molar-refractivity contribution in [1.82, 2.24) is 15.3 Å². The van der Waals surface area contributed by atoms with Crippen molar-refractivity contribution in [3.8, 4) is 5.75 Å². The summed E-state index contributed by atoms with van der Waals surface area (Å²) < 4.78 is 69.8. The molecule has 42 heavy (non-hydrogen) atoms. The van der Waals surface area contributed by atoms with Gasteiger partial charge in [0.15, 0.2) is 0 Å². The van der Waals surface area contributed by atoms with Crippen LogP contribution in [-0.2, 0) is 16.1 Å². The lowest BCUT2D eigenvalue weighted by Gasteiger charge is -2.30. The van der Waals surface area contributed by atoms with Crippen molar-refractivity contribution in [3.05, 3.63) is 40.0 Å². The van der Waals surface area contributed by atoms with Crippen molar-refractivity contribution in [3.63, 3.8) is 0 Å². The molecule has 0 bridgehead atoms. The summed E-state index contributed by atoms with van der Waals surface area (Å²) in [7, 11) is 5.71. The third-order valence-corrected chi connectivity index (χ3v) is 6.34. The lowest BCUT2D eigenvalue weighted by molar-refractivity contribution is -0.193. The second kappa shape index (κ2) is 16.3. The highest BCUT2D eigenvalue weighted by molar-refractivity contribution is 9.10. The van der Waals surface area contributed by atoms with E-state index in [0.717, 1.165) is 59.8 Å². The van der Waals surface area contributed by atoms with E-state index < -0.39 is 24.3 Å². The molecule has 1 saturated carbocycles. The lowest BCUT2D eigenvalue weighted by atomic mass is 9.91. The van der Waals surface area contributed by atoms with Crippen molar-refractivity contribution in [1.29, 1.82) is 0 Å². The number of methoxy groups -OCH3 is 1. The highest BCUT2D eigenvalue weighted by Crippen LogP contribution is 2.26. The first-order chi connectivity index (χ1) is 19.3. The summed E-state index contributed by atoms with van der Waals surface area (Å²) in [5, 5.41) is 21.5. The van der Waals surface area contributed by atoms with E-state index >= 15 is 0 Å². The fraction of sp³-hybridized carbons (Fsp3) is 0.520. The van der Waals surface area contributed by atoms with E-state index in [1.807, 2.05) is 38.2 Å². The molecule has 1 fully saturated rings. The topological polar surface area (TPSA) is 137 Å². The number of aryl methyl sites for hydroxylation is 1. The number of nitrogens with zero attached hydrogens (tertiary/aromatic N) is 3. The van der Waals surface area contributed by atoms with Gasteiger partial charge in [-0.05, 0) is 66.2 Å². The zero-order valence-electron chi connectivity index (χ0n) is 23.1. The fourth-order valence-corrected chi connectivity index (χ4v) is 4.25. The van der Waals surface area contributed by atoms with E-state index in [2.05, 4.69) is 48.7 Å². The van der Waals surface area contributed by atoms with Crippen LogP contribution in [-0.4, -0.2) is 77.8 Å². The van der Waals surface area contributed by atoms with E-state index in [4.69, 9.17) is 24.5 Å². The van der Waals surface area contributed by atoms with Crippen LogP contribution in [0.5, 0.6) is 5.75 Å². The first-order valence-electron chi connectivity index (χ1n) is 12.3. The third kappa shape index (κ3) is 13.1. The molecule has 1 aromatic carbocycles. The highest BCUT2D eigenvalue weighted by Gasteiger charge is 2.38. The maximum absolute atomic E-state index is 10.6. The number of anilines is 2. The van der Waals surface area contributed by atoms with E-state index in [1.54, 1.807) is 7.11 Å². The molecular weight excluding hydrogens is 644 g/mol. The van der Waals surface area contributed by atoms with Gasteiger partial charge in [0.1, 0.15) is 11.6 Å². The van der Waals surface area contributed by atoms with Crippen LogP contribution in [0.1, 0.15) is 36.8 Å². The molecule has 1 aromatic heterocycles. The summed E-state index contributed by atoms with van der Waals surface area (Å²) in [4.78, 5) is 28.9. The Morgan fingerprint density at radius 2 is 1.52 bits per heavy atom. The smallest absolute Gasteiger partial charge is 0.490 e. The number of halogens is 7. The van der Waals surface area contributed by atoms with Crippen LogP contribution in [0.3, 0.4) is 0 Å². The van der Waals surface area contributed by atoms with Crippen LogP contribution < -0.4 is 20.3 Å². The van der Waals surface area contributed by atoms with Crippen molar-refractivity contribution in [2.75, 3.05) is 31.4 Å². The second-order valence-corrected chi connectivity index (χ2v) is 10.1. The first-order valence-corrected chi connectivity index (χ1v) is 13.1. The minimum Gasteiger partial charge on any atom is -0.496 e. The molecule has 4 N–H and O–H groups in total. The number of hydrogen-bond donors (Lipinski definition) is 4. The predicted octanol–water partition coefficient (Wildman–Crippen LogP) is 5.40. The molecule has 0 atom stereocenters. The Morgan fingerprint density at radius 3 is 1.95 bits per heavy atom. The summed E-state index contributed by atoms with van der Waals surface area (Å²) >= 11 is 3.56. The highest BCUT2D eigenvalue weighted by atomic mass is 79.9. The molecule has 0 spiro atoms. The standard InChI is InChI=1S/C21H30BrN5O.2C2HF3O2/c1-14-12-24-21(26-20(14)27(2)3)25-17-8-6-16(7-9-17)23-13-15-5-10-19(28-4)18(22)11-15;2*3-2(4,5)1(6)7/h5,10-12,16-17,23H,6-9,13H2,1-4H3,(H,24,25,26);2*(H,6,7). The maximum Gasteiger partial charge on any atom is 0.490 e. The molecule has 0 saturated heterocycles. The van der Waals surface area contributed by atoms with Crippen LogP contribution in [0, 0.1) is 6.92 Å². The zero-order chi connectivity index (χ0) is 32.3. The van der Waals surface area contributed by atoms with Gasteiger partial charge in [-0.15, -0.1) is 0 Å². The van der Waals surface area contributed by atoms with Crippen LogP contribution >= 0.6 is 15.9 Å². The van der Waals surface area contributed by atoms with Crippen molar-refractivity contribution >= 4 is 39.6 Å². The quantitative estimate of drug-likeness (QED) is 0.282. The van der Waals surface area contributed by atoms with Gasteiger partial charge in [0.05, 0.1) is 11.6 Å². The fourth-order valence-electron chi connectivity index (χ4n) is 3.66. The number of benzene rings is 1. The molecule has 1 aliphatic carbocycles.